The number of methoxy groups -OCH3 is 1. The molecule has 0 aliphatic carbocycles. The molecular formula is C15H16N2O4S. The SMILES string of the molecule is COC(=O)CNC(=O)c1cccc(OCc2csc(C)n2)c1. The molecule has 0 radical (unpaired) electrons. The fraction of sp³-hybridized carbons (Fsp3) is 0.267. The highest BCUT2D eigenvalue weighted by Gasteiger charge is 2.09. The molecule has 1 aromatic heterocycles. The topological polar surface area (TPSA) is 77.5 Å². The maximum atomic E-state index is 11.9. The Balaban J connectivity index is 1.94. The molecule has 0 fully saturated rings. The number of nitrogens with one attached hydrogen (secondary N) is 1. The van der Waals surface area contributed by atoms with E-state index < -0.39 is 5.97 Å². The molecule has 0 aliphatic heterocycles. The lowest BCUT2D eigenvalue weighted by Crippen LogP contribution is -2.30. The summed E-state index contributed by atoms with van der Waals surface area (Å²) in [5, 5.41) is 5.39. The molecule has 1 aromatic carbocycles. The van der Waals surface area contributed by atoms with Crippen molar-refractivity contribution in [3.8, 4) is 5.75 Å². The number of rotatable bonds is 6. The zero-order chi connectivity index (χ0) is 15.9. The summed E-state index contributed by atoms with van der Waals surface area (Å²) in [5.41, 5.74) is 1.26. The number of benzene rings is 1. The van der Waals surface area contributed by atoms with Crippen molar-refractivity contribution >= 4 is 23.2 Å². The number of aromatic nitrogens is 1. The highest BCUT2D eigenvalue weighted by atomic mass is 32.1. The van der Waals surface area contributed by atoms with E-state index in [1.807, 2.05) is 12.3 Å². The number of amides is 1. The first-order chi connectivity index (χ1) is 10.6. The average Bonchev–Trinajstić information content (AvgIpc) is 2.96. The minimum atomic E-state index is -0.500. The van der Waals surface area contributed by atoms with Crippen molar-refractivity contribution in [3.05, 3.63) is 45.9 Å². The van der Waals surface area contributed by atoms with Crippen LogP contribution in [0, 0.1) is 6.92 Å². The molecule has 0 unspecified atom stereocenters. The molecule has 0 atom stereocenters. The van der Waals surface area contributed by atoms with Crippen LogP contribution in [-0.4, -0.2) is 30.5 Å². The molecule has 1 amide bonds. The van der Waals surface area contributed by atoms with E-state index in [4.69, 9.17) is 4.74 Å². The van der Waals surface area contributed by atoms with Crippen LogP contribution >= 0.6 is 11.3 Å². The minimum Gasteiger partial charge on any atom is -0.487 e. The standard InChI is InChI=1S/C15H16N2O4S/c1-10-17-12(9-22-10)8-21-13-5-3-4-11(6-13)15(19)16-7-14(18)20-2/h3-6,9H,7-8H2,1-2H3,(H,16,19). The van der Waals surface area contributed by atoms with Gasteiger partial charge in [0.1, 0.15) is 18.9 Å². The molecule has 0 saturated heterocycles. The summed E-state index contributed by atoms with van der Waals surface area (Å²) in [6.07, 6.45) is 0. The van der Waals surface area contributed by atoms with Crippen LogP contribution in [0.1, 0.15) is 21.1 Å². The molecule has 6 nitrogen and oxygen atoms in total. The van der Waals surface area contributed by atoms with Crippen molar-refractivity contribution in [2.45, 2.75) is 13.5 Å². The summed E-state index contributed by atoms with van der Waals surface area (Å²) in [4.78, 5) is 27.2. The van der Waals surface area contributed by atoms with E-state index in [1.165, 1.54) is 7.11 Å². The first-order valence-electron chi connectivity index (χ1n) is 6.57. The van der Waals surface area contributed by atoms with E-state index in [0.717, 1.165) is 10.7 Å². The maximum Gasteiger partial charge on any atom is 0.325 e. The molecule has 0 aliphatic rings. The van der Waals surface area contributed by atoms with Crippen LogP contribution in [-0.2, 0) is 16.1 Å². The van der Waals surface area contributed by atoms with Gasteiger partial charge in [0.25, 0.3) is 5.91 Å². The lowest BCUT2D eigenvalue weighted by Gasteiger charge is -2.07. The highest BCUT2D eigenvalue weighted by Crippen LogP contribution is 2.16. The highest BCUT2D eigenvalue weighted by molar-refractivity contribution is 7.09. The lowest BCUT2D eigenvalue weighted by atomic mass is 10.2. The molecule has 0 spiro atoms. The third-order valence-electron chi connectivity index (χ3n) is 2.77. The number of hydrogen-bond acceptors (Lipinski definition) is 6. The van der Waals surface area contributed by atoms with Gasteiger partial charge < -0.3 is 14.8 Å². The van der Waals surface area contributed by atoms with Gasteiger partial charge in [-0.15, -0.1) is 11.3 Å². The number of aryl methyl sites for hydroxylation is 1. The Hall–Kier alpha value is -2.41. The zero-order valence-electron chi connectivity index (χ0n) is 12.3. The van der Waals surface area contributed by atoms with Crippen molar-refractivity contribution in [3.63, 3.8) is 0 Å². The van der Waals surface area contributed by atoms with E-state index in [-0.39, 0.29) is 12.5 Å². The minimum absolute atomic E-state index is 0.168. The largest absolute Gasteiger partial charge is 0.487 e. The maximum absolute atomic E-state index is 11.9. The lowest BCUT2D eigenvalue weighted by molar-refractivity contribution is -0.139. The summed E-state index contributed by atoms with van der Waals surface area (Å²) >= 11 is 1.56. The van der Waals surface area contributed by atoms with Crippen molar-refractivity contribution < 1.29 is 19.1 Å². The van der Waals surface area contributed by atoms with Crippen molar-refractivity contribution in [2.75, 3.05) is 13.7 Å². The van der Waals surface area contributed by atoms with Crippen LogP contribution in [0.2, 0.25) is 0 Å². The molecule has 116 valence electrons. The van der Waals surface area contributed by atoms with Crippen molar-refractivity contribution in [1.82, 2.24) is 10.3 Å². The average molecular weight is 320 g/mol. The predicted octanol–water partition coefficient (Wildman–Crippen LogP) is 1.93. The van der Waals surface area contributed by atoms with Crippen LogP contribution in [0.15, 0.2) is 29.6 Å². The Bertz CT molecular complexity index is 669. The van der Waals surface area contributed by atoms with Gasteiger partial charge in [0.2, 0.25) is 0 Å². The number of ether oxygens (including phenoxy) is 2. The summed E-state index contributed by atoms with van der Waals surface area (Å²) in [6.45, 7) is 2.11. The van der Waals surface area contributed by atoms with Crippen LogP contribution in [0.4, 0.5) is 0 Å². The van der Waals surface area contributed by atoms with Gasteiger partial charge in [-0.25, -0.2) is 4.98 Å². The quantitative estimate of drug-likeness (QED) is 0.823. The summed E-state index contributed by atoms with van der Waals surface area (Å²) in [7, 11) is 1.27. The van der Waals surface area contributed by atoms with Crippen LogP contribution in [0.25, 0.3) is 0 Å². The number of thiazole rings is 1. The van der Waals surface area contributed by atoms with Crippen molar-refractivity contribution in [1.29, 1.82) is 0 Å². The Morgan fingerprint density at radius 3 is 2.86 bits per heavy atom. The van der Waals surface area contributed by atoms with E-state index >= 15 is 0 Å². The molecular weight excluding hydrogens is 304 g/mol. The third-order valence-corrected chi connectivity index (χ3v) is 3.59. The van der Waals surface area contributed by atoms with Gasteiger partial charge in [-0.3, -0.25) is 9.59 Å². The molecule has 1 heterocycles. The second kappa shape index (κ2) is 7.56. The predicted molar refractivity (Wildman–Crippen MR) is 82.0 cm³/mol. The van der Waals surface area contributed by atoms with E-state index in [1.54, 1.807) is 35.6 Å². The monoisotopic (exact) mass is 320 g/mol. The number of esters is 1. The zero-order valence-corrected chi connectivity index (χ0v) is 13.1. The molecule has 2 rings (SSSR count). The van der Waals surface area contributed by atoms with Crippen LogP contribution in [0.5, 0.6) is 5.75 Å². The molecule has 2 aromatic rings. The summed E-state index contributed by atoms with van der Waals surface area (Å²) < 4.78 is 10.1. The van der Waals surface area contributed by atoms with E-state index in [2.05, 4.69) is 15.0 Å². The Morgan fingerprint density at radius 1 is 1.36 bits per heavy atom. The number of hydrogen-bond donors (Lipinski definition) is 1. The van der Waals surface area contributed by atoms with Crippen LogP contribution in [0.3, 0.4) is 0 Å². The van der Waals surface area contributed by atoms with Gasteiger partial charge in [-0.1, -0.05) is 6.07 Å². The second-order valence-electron chi connectivity index (χ2n) is 4.43. The Labute approximate surface area is 132 Å². The van der Waals surface area contributed by atoms with Gasteiger partial charge in [0, 0.05) is 10.9 Å². The van der Waals surface area contributed by atoms with Gasteiger partial charge in [-0.2, -0.15) is 0 Å². The Morgan fingerprint density at radius 2 is 2.18 bits per heavy atom. The van der Waals surface area contributed by atoms with Crippen LogP contribution < -0.4 is 10.1 Å². The molecule has 7 heteroatoms. The van der Waals surface area contributed by atoms with Gasteiger partial charge >= 0.3 is 5.97 Å². The Kier molecular flexibility index (Phi) is 5.48. The van der Waals surface area contributed by atoms with E-state index in [9.17, 15) is 9.59 Å². The normalized spacial score (nSPS) is 10.1. The first-order valence-corrected chi connectivity index (χ1v) is 7.45. The summed E-state index contributed by atoms with van der Waals surface area (Å²) in [5.74, 6) is -0.295. The van der Waals surface area contributed by atoms with Gasteiger partial charge in [-0.05, 0) is 25.1 Å². The van der Waals surface area contributed by atoms with E-state index in [0.29, 0.717) is 17.9 Å². The van der Waals surface area contributed by atoms with Crippen molar-refractivity contribution in [2.24, 2.45) is 0 Å². The molecule has 22 heavy (non-hydrogen) atoms. The first kappa shape index (κ1) is 16.0. The molecule has 1 N–H and O–H groups in total. The second-order valence-corrected chi connectivity index (χ2v) is 5.50. The number of carbonyl (C=O) groups is 2. The van der Waals surface area contributed by atoms with Gasteiger partial charge in [0.05, 0.1) is 17.8 Å². The summed E-state index contributed by atoms with van der Waals surface area (Å²) in [6, 6.07) is 6.74. The smallest absolute Gasteiger partial charge is 0.325 e. The third kappa shape index (κ3) is 4.56. The van der Waals surface area contributed by atoms with Gasteiger partial charge in [0.15, 0.2) is 0 Å². The fourth-order valence-corrected chi connectivity index (χ4v) is 2.28. The molecule has 0 bridgehead atoms. The number of nitrogens with zero attached hydrogens (tertiary/aromatic N) is 1. The fourth-order valence-electron chi connectivity index (χ4n) is 1.69. The number of carbonyl (C=O) groups excluding carboxylic acids is 2. The molecule has 0 saturated carbocycles.